The minimum atomic E-state index is 0. The number of halogens is 2. The van der Waals surface area contributed by atoms with E-state index in [2.05, 4.69) is 55.5 Å². The van der Waals surface area contributed by atoms with Crippen LogP contribution < -0.4 is 10.6 Å². The maximum atomic E-state index is 5.44. The molecule has 152 valence electrons. The Morgan fingerprint density at radius 3 is 2.68 bits per heavy atom. The number of fused-ring (bicyclic) bond motifs is 1. The molecule has 0 atom stereocenters. The monoisotopic (exact) mass is 560 g/mol. The first kappa shape index (κ1) is 22.7. The average molecular weight is 561 g/mol. The Kier molecular flexibility index (Phi) is 8.74. The van der Waals surface area contributed by atoms with Crippen LogP contribution in [0.3, 0.4) is 0 Å². The Hall–Kier alpha value is -1.62. The molecule has 0 spiro atoms. The van der Waals surface area contributed by atoms with Crippen molar-refractivity contribution in [3.8, 4) is 0 Å². The van der Waals surface area contributed by atoms with E-state index in [4.69, 9.17) is 4.52 Å². The summed E-state index contributed by atoms with van der Waals surface area (Å²) in [7, 11) is 1.74. The molecule has 0 radical (unpaired) electrons. The van der Waals surface area contributed by atoms with Crippen molar-refractivity contribution in [1.29, 1.82) is 0 Å². The molecule has 0 bridgehead atoms. The van der Waals surface area contributed by atoms with E-state index in [9.17, 15) is 0 Å². The van der Waals surface area contributed by atoms with E-state index in [0.717, 1.165) is 40.1 Å². The van der Waals surface area contributed by atoms with Crippen molar-refractivity contribution in [3.05, 3.63) is 52.2 Å². The quantitative estimate of drug-likeness (QED) is 0.253. The fourth-order valence-corrected chi connectivity index (χ4v) is 3.33. The van der Waals surface area contributed by atoms with Gasteiger partial charge in [-0.25, -0.2) is 4.98 Å². The van der Waals surface area contributed by atoms with E-state index >= 15 is 0 Å². The van der Waals surface area contributed by atoms with Crippen LogP contribution in [0.5, 0.6) is 0 Å². The average Bonchev–Trinajstić information content (AvgIpc) is 3.29. The van der Waals surface area contributed by atoms with Crippen molar-refractivity contribution in [2.24, 2.45) is 4.99 Å². The molecule has 0 aliphatic heterocycles. The zero-order valence-electron chi connectivity index (χ0n) is 16.3. The van der Waals surface area contributed by atoms with Crippen molar-refractivity contribution >= 4 is 51.5 Å². The first-order valence-electron chi connectivity index (χ1n) is 9.16. The highest BCUT2D eigenvalue weighted by Crippen LogP contribution is 2.22. The second-order valence-corrected chi connectivity index (χ2v) is 7.27. The van der Waals surface area contributed by atoms with E-state index in [1.165, 1.54) is 0 Å². The Balaban J connectivity index is 0.00000280. The number of aliphatic imine (C=N–C) groups is 1. The van der Waals surface area contributed by atoms with Crippen LogP contribution in [0.2, 0.25) is 0 Å². The van der Waals surface area contributed by atoms with E-state index in [-0.39, 0.29) is 24.0 Å². The van der Waals surface area contributed by atoms with E-state index in [1.807, 2.05) is 35.0 Å². The van der Waals surface area contributed by atoms with Crippen molar-refractivity contribution in [2.45, 2.75) is 45.7 Å². The summed E-state index contributed by atoms with van der Waals surface area (Å²) in [6.07, 6.45) is 6.11. The normalized spacial score (nSPS) is 11.7. The fourth-order valence-electron chi connectivity index (χ4n) is 2.98. The van der Waals surface area contributed by atoms with E-state index in [1.54, 1.807) is 7.05 Å². The summed E-state index contributed by atoms with van der Waals surface area (Å²) in [5, 5.41) is 10.7. The van der Waals surface area contributed by atoms with Gasteiger partial charge >= 0.3 is 0 Å². The van der Waals surface area contributed by atoms with Gasteiger partial charge in [0.1, 0.15) is 5.65 Å². The van der Waals surface area contributed by atoms with Gasteiger partial charge in [0.15, 0.2) is 11.7 Å². The van der Waals surface area contributed by atoms with Crippen LogP contribution in [0.1, 0.15) is 49.8 Å². The number of aromatic nitrogens is 3. The van der Waals surface area contributed by atoms with Gasteiger partial charge in [-0.2, -0.15) is 0 Å². The molecule has 3 aromatic rings. The zero-order chi connectivity index (χ0) is 19.2. The van der Waals surface area contributed by atoms with Crippen molar-refractivity contribution in [2.75, 3.05) is 7.05 Å². The van der Waals surface area contributed by atoms with Crippen LogP contribution in [-0.2, 0) is 13.1 Å². The van der Waals surface area contributed by atoms with Gasteiger partial charge in [-0.15, -0.1) is 24.0 Å². The molecule has 0 aromatic carbocycles. The second kappa shape index (κ2) is 10.8. The molecule has 7 nitrogen and oxygen atoms in total. The van der Waals surface area contributed by atoms with E-state index in [0.29, 0.717) is 25.0 Å². The lowest BCUT2D eigenvalue weighted by Gasteiger charge is -2.09. The third kappa shape index (κ3) is 5.69. The number of nitrogens with zero attached hydrogens (tertiary/aromatic N) is 4. The molecule has 3 aromatic heterocycles. The maximum absolute atomic E-state index is 5.44. The number of hydrogen-bond acceptors (Lipinski definition) is 4. The lowest BCUT2D eigenvalue weighted by atomic mass is 9.99. The molecule has 0 aliphatic carbocycles. The smallest absolute Gasteiger partial charge is 0.191 e. The van der Waals surface area contributed by atoms with Gasteiger partial charge in [-0.3, -0.25) is 4.99 Å². The van der Waals surface area contributed by atoms with Crippen LogP contribution in [0.15, 0.2) is 44.6 Å². The summed E-state index contributed by atoms with van der Waals surface area (Å²) in [4.78, 5) is 8.84. The number of pyridine rings is 1. The summed E-state index contributed by atoms with van der Waals surface area (Å²) < 4.78 is 8.45. The summed E-state index contributed by atoms with van der Waals surface area (Å²) >= 11 is 3.47. The standard InChI is InChI=1S/C19H25BrN6O.HI/c1-4-13(5-2)17-8-16(27-25-17)10-23-19(21-3)22-9-15-12-26-11-14(20)6-7-18(26)24-15;/h6-8,11-13H,4-5,9-10H2,1-3H3,(H2,21,22,23);1H. The highest BCUT2D eigenvalue weighted by molar-refractivity contribution is 14.0. The van der Waals surface area contributed by atoms with Gasteiger partial charge < -0.3 is 19.6 Å². The first-order chi connectivity index (χ1) is 13.1. The third-order valence-corrected chi connectivity index (χ3v) is 5.01. The van der Waals surface area contributed by atoms with Crippen LogP contribution in [-0.4, -0.2) is 27.5 Å². The minimum absolute atomic E-state index is 0. The molecule has 0 unspecified atom stereocenters. The summed E-state index contributed by atoms with van der Waals surface area (Å²) in [6.45, 7) is 5.45. The fraction of sp³-hybridized carbons (Fsp3) is 0.421. The third-order valence-electron chi connectivity index (χ3n) is 4.54. The number of guanidine groups is 1. The molecular formula is C19H26BrIN6O. The van der Waals surface area contributed by atoms with Gasteiger partial charge in [-0.1, -0.05) is 19.0 Å². The molecule has 3 heterocycles. The van der Waals surface area contributed by atoms with Crippen LogP contribution in [0, 0.1) is 0 Å². The van der Waals surface area contributed by atoms with Gasteiger partial charge in [-0.05, 0) is 40.9 Å². The number of hydrogen-bond donors (Lipinski definition) is 2. The highest BCUT2D eigenvalue weighted by Gasteiger charge is 2.13. The predicted molar refractivity (Wildman–Crippen MR) is 125 cm³/mol. The number of nitrogens with one attached hydrogen (secondary N) is 2. The van der Waals surface area contributed by atoms with Gasteiger partial charge in [0, 0.05) is 35.9 Å². The topological polar surface area (TPSA) is 79.8 Å². The van der Waals surface area contributed by atoms with Crippen molar-refractivity contribution < 1.29 is 4.52 Å². The molecule has 9 heteroatoms. The molecule has 0 amide bonds. The Morgan fingerprint density at radius 1 is 1.21 bits per heavy atom. The minimum Gasteiger partial charge on any atom is -0.359 e. The lowest BCUT2D eigenvalue weighted by Crippen LogP contribution is -2.36. The van der Waals surface area contributed by atoms with Crippen molar-refractivity contribution in [3.63, 3.8) is 0 Å². The van der Waals surface area contributed by atoms with Crippen molar-refractivity contribution in [1.82, 2.24) is 25.2 Å². The Bertz CT molecular complexity index is 918. The lowest BCUT2D eigenvalue weighted by molar-refractivity contribution is 0.368. The van der Waals surface area contributed by atoms with Gasteiger partial charge in [0.05, 0.1) is 24.5 Å². The van der Waals surface area contributed by atoms with E-state index < -0.39 is 0 Å². The number of imidazole rings is 1. The zero-order valence-corrected chi connectivity index (χ0v) is 20.2. The second-order valence-electron chi connectivity index (χ2n) is 6.36. The molecule has 0 aliphatic rings. The molecule has 2 N–H and O–H groups in total. The Labute approximate surface area is 190 Å². The largest absolute Gasteiger partial charge is 0.359 e. The summed E-state index contributed by atoms with van der Waals surface area (Å²) in [5.41, 5.74) is 2.87. The first-order valence-corrected chi connectivity index (χ1v) is 9.95. The van der Waals surface area contributed by atoms with Crippen LogP contribution in [0.25, 0.3) is 5.65 Å². The van der Waals surface area contributed by atoms with Crippen LogP contribution in [0.4, 0.5) is 0 Å². The molecule has 0 saturated heterocycles. The molecule has 0 saturated carbocycles. The summed E-state index contributed by atoms with van der Waals surface area (Å²) in [6, 6.07) is 5.98. The van der Waals surface area contributed by atoms with Gasteiger partial charge in [0.25, 0.3) is 0 Å². The highest BCUT2D eigenvalue weighted by atomic mass is 127. The molecule has 3 rings (SSSR count). The molecule has 0 fully saturated rings. The predicted octanol–water partition coefficient (Wildman–Crippen LogP) is 4.47. The maximum Gasteiger partial charge on any atom is 0.191 e. The Morgan fingerprint density at radius 2 is 1.96 bits per heavy atom. The molecular weight excluding hydrogens is 535 g/mol. The van der Waals surface area contributed by atoms with Gasteiger partial charge in [0.2, 0.25) is 0 Å². The number of rotatable bonds is 7. The summed E-state index contributed by atoms with van der Waals surface area (Å²) in [5.74, 6) is 1.95. The SMILES string of the molecule is CCC(CC)c1cc(CNC(=NC)NCc2cn3cc(Br)ccc3n2)on1.I. The molecule has 28 heavy (non-hydrogen) atoms. The van der Waals surface area contributed by atoms with Crippen LogP contribution >= 0.6 is 39.9 Å².